The van der Waals surface area contributed by atoms with E-state index in [0.29, 0.717) is 6.42 Å². The fraction of sp³-hybridized carbons (Fsp3) is 0.455. The van der Waals surface area contributed by atoms with Gasteiger partial charge in [-0.3, -0.25) is 0 Å². The Morgan fingerprint density at radius 3 is 2.60 bits per heavy atom. The van der Waals surface area contributed by atoms with Crippen LogP contribution in [-0.4, -0.2) is 23.1 Å². The molecule has 1 atom stereocenters. The first-order chi connectivity index (χ1) is 7.10. The van der Waals surface area contributed by atoms with Gasteiger partial charge in [-0.25, -0.2) is 9.59 Å². The number of hydrogen-bond acceptors (Lipinski definition) is 3. The predicted molar refractivity (Wildman–Crippen MR) is 56.4 cm³/mol. The highest BCUT2D eigenvalue weighted by Crippen LogP contribution is 2.06. The Morgan fingerprint density at radius 2 is 2.13 bits per heavy atom. The number of esters is 1. The third-order valence-corrected chi connectivity index (χ3v) is 1.73. The minimum Gasteiger partial charge on any atom is -0.478 e. The normalized spacial score (nSPS) is 12.3. The van der Waals surface area contributed by atoms with E-state index in [1.807, 2.05) is 6.92 Å². The van der Waals surface area contributed by atoms with Crippen LogP contribution in [0, 0.1) is 0 Å². The quantitative estimate of drug-likeness (QED) is 0.398. The van der Waals surface area contributed by atoms with Crippen LogP contribution in [0.3, 0.4) is 0 Å². The average Bonchev–Trinajstić information content (AvgIpc) is 2.21. The molecule has 0 amide bonds. The van der Waals surface area contributed by atoms with Crippen LogP contribution < -0.4 is 0 Å². The average molecular weight is 212 g/mol. The second-order valence-corrected chi connectivity index (χ2v) is 3.02. The molecule has 4 heteroatoms. The summed E-state index contributed by atoms with van der Waals surface area (Å²) in [6.07, 6.45) is 5.51. The number of aliphatic carboxylic acids is 1. The molecule has 0 rings (SSSR count). The van der Waals surface area contributed by atoms with Crippen LogP contribution in [0.15, 0.2) is 24.8 Å². The van der Waals surface area contributed by atoms with Gasteiger partial charge in [0.25, 0.3) is 0 Å². The van der Waals surface area contributed by atoms with Crippen LogP contribution >= 0.6 is 0 Å². The largest absolute Gasteiger partial charge is 0.478 e. The van der Waals surface area contributed by atoms with Gasteiger partial charge in [-0.15, -0.1) is 0 Å². The maximum atomic E-state index is 11.1. The Hall–Kier alpha value is -1.58. The van der Waals surface area contributed by atoms with Gasteiger partial charge < -0.3 is 9.84 Å². The highest BCUT2D eigenvalue weighted by Gasteiger charge is 2.07. The Morgan fingerprint density at radius 1 is 1.47 bits per heavy atom. The molecule has 0 aliphatic carbocycles. The van der Waals surface area contributed by atoms with Crippen molar-refractivity contribution in [2.75, 3.05) is 0 Å². The van der Waals surface area contributed by atoms with E-state index < -0.39 is 11.9 Å². The molecule has 0 saturated heterocycles. The van der Waals surface area contributed by atoms with Crippen molar-refractivity contribution < 1.29 is 19.4 Å². The SMILES string of the molecule is C=CC(CCCC)OC(=O)/C=C\C(=O)O. The van der Waals surface area contributed by atoms with Gasteiger partial charge in [-0.1, -0.05) is 26.0 Å². The molecule has 0 fully saturated rings. The van der Waals surface area contributed by atoms with Crippen molar-refractivity contribution in [3.8, 4) is 0 Å². The van der Waals surface area contributed by atoms with Gasteiger partial charge in [0, 0.05) is 12.2 Å². The van der Waals surface area contributed by atoms with Crippen LogP contribution in [0.1, 0.15) is 26.2 Å². The summed E-state index contributed by atoms with van der Waals surface area (Å²) in [5, 5.41) is 8.28. The molecule has 0 spiro atoms. The molecule has 0 aliphatic heterocycles. The van der Waals surface area contributed by atoms with E-state index in [0.717, 1.165) is 25.0 Å². The molecule has 0 aromatic carbocycles. The van der Waals surface area contributed by atoms with Gasteiger partial charge in [0.2, 0.25) is 0 Å². The van der Waals surface area contributed by atoms with Crippen molar-refractivity contribution >= 4 is 11.9 Å². The van der Waals surface area contributed by atoms with Gasteiger partial charge in [-0.05, 0) is 12.8 Å². The molecule has 0 aromatic heterocycles. The first-order valence-electron chi connectivity index (χ1n) is 4.84. The Labute approximate surface area is 89.2 Å². The van der Waals surface area contributed by atoms with E-state index in [9.17, 15) is 9.59 Å². The summed E-state index contributed by atoms with van der Waals surface area (Å²) < 4.78 is 4.94. The van der Waals surface area contributed by atoms with Gasteiger partial charge in [-0.2, -0.15) is 0 Å². The summed E-state index contributed by atoms with van der Waals surface area (Å²) in [5.74, 6) is -1.82. The minimum absolute atomic E-state index is 0.337. The van der Waals surface area contributed by atoms with Crippen molar-refractivity contribution in [1.82, 2.24) is 0 Å². The third-order valence-electron chi connectivity index (χ3n) is 1.73. The summed E-state index contributed by atoms with van der Waals surface area (Å²) in [5.41, 5.74) is 0. The zero-order valence-corrected chi connectivity index (χ0v) is 8.81. The number of carboxylic acids is 1. The first-order valence-corrected chi connectivity index (χ1v) is 4.84. The Bertz CT molecular complexity index is 255. The molecule has 1 N–H and O–H groups in total. The number of carboxylic acid groups (broad SMARTS) is 1. The van der Waals surface area contributed by atoms with E-state index >= 15 is 0 Å². The maximum Gasteiger partial charge on any atom is 0.331 e. The van der Waals surface area contributed by atoms with Crippen LogP contribution in [0.4, 0.5) is 0 Å². The molecule has 84 valence electrons. The molecule has 0 saturated carbocycles. The number of rotatable bonds is 7. The Balaban J connectivity index is 4.00. The predicted octanol–water partition coefficient (Wildman–Crippen LogP) is 1.92. The van der Waals surface area contributed by atoms with E-state index in [4.69, 9.17) is 9.84 Å². The summed E-state index contributed by atoms with van der Waals surface area (Å²) in [7, 11) is 0. The third kappa shape index (κ3) is 7.49. The van der Waals surface area contributed by atoms with E-state index in [2.05, 4.69) is 6.58 Å². The van der Waals surface area contributed by atoms with Crippen LogP contribution in [-0.2, 0) is 14.3 Å². The number of carbonyl (C=O) groups is 2. The van der Waals surface area contributed by atoms with Crippen molar-refractivity contribution in [2.45, 2.75) is 32.3 Å². The van der Waals surface area contributed by atoms with Gasteiger partial charge in [0.05, 0.1) is 0 Å². The van der Waals surface area contributed by atoms with Crippen LogP contribution in [0.25, 0.3) is 0 Å². The lowest BCUT2D eigenvalue weighted by atomic mass is 10.1. The summed E-state index contributed by atoms with van der Waals surface area (Å²) in [6.45, 7) is 5.58. The number of hydrogen-bond donors (Lipinski definition) is 1. The molecule has 0 radical (unpaired) electrons. The number of unbranched alkanes of at least 4 members (excludes halogenated alkanes) is 1. The van der Waals surface area contributed by atoms with E-state index in [1.54, 1.807) is 6.08 Å². The maximum absolute atomic E-state index is 11.1. The zero-order chi connectivity index (χ0) is 11.7. The monoisotopic (exact) mass is 212 g/mol. The van der Waals surface area contributed by atoms with Crippen molar-refractivity contribution in [3.05, 3.63) is 24.8 Å². The topological polar surface area (TPSA) is 63.6 Å². The van der Waals surface area contributed by atoms with Gasteiger partial charge in [0.15, 0.2) is 0 Å². The highest BCUT2D eigenvalue weighted by molar-refractivity contribution is 5.90. The number of carbonyl (C=O) groups excluding carboxylic acids is 1. The zero-order valence-electron chi connectivity index (χ0n) is 8.81. The summed E-state index contributed by atoms with van der Waals surface area (Å²) in [4.78, 5) is 21.2. The second kappa shape index (κ2) is 7.79. The lowest BCUT2D eigenvalue weighted by molar-refractivity contribution is -0.141. The second-order valence-electron chi connectivity index (χ2n) is 3.02. The molecule has 0 heterocycles. The summed E-state index contributed by atoms with van der Waals surface area (Å²) >= 11 is 0. The van der Waals surface area contributed by atoms with Crippen LogP contribution in [0.2, 0.25) is 0 Å². The lowest BCUT2D eigenvalue weighted by Gasteiger charge is -2.11. The molecular formula is C11H16O4. The molecule has 0 aliphatic rings. The van der Waals surface area contributed by atoms with E-state index in [1.165, 1.54) is 0 Å². The molecular weight excluding hydrogens is 196 g/mol. The van der Waals surface area contributed by atoms with E-state index in [-0.39, 0.29) is 6.10 Å². The van der Waals surface area contributed by atoms with Crippen LogP contribution in [0.5, 0.6) is 0 Å². The van der Waals surface area contributed by atoms with Gasteiger partial charge in [0.1, 0.15) is 6.10 Å². The fourth-order valence-corrected chi connectivity index (χ4v) is 0.958. The van der Waals surface area contributed by atoms with Crippen molar-refractivity contribution in [1.29, 1.82) is 0 Å². The molecule has 1 unspecified atom stereocenters. The highest BCUT2D eigenvalue weighted by atomic mass is 16.5. The lowest BCUT2D eigenvalue weighted by Crippen LogP contribution is -2.14. The van der Waals surface area contributed by atoms with Gasteiger partial charge >= 0.3 is 11.9 Å². The summed E-state index contributed by atoms with van der Waals surface area (Å²) in [6, 6.07) is 0. The van der Waals surface area contributed by atoms with Crippen molar-refractivity contribution in [3.63, 3.8) is 0 Å². The molecule has 15 heavy (non-hydrogen) atoms. The number of ether oxygens (including phenoxy) is 1. The fourth-order valence-electron chi connectivity index (χ4n) is 0.958. The molecule has 4 nitrogen and oxygen atoms in total. The standard InChI is InChI=1S/C11H16O4/c1-3-5-6-9(4-2)15-11(14)8-7-10(12)13/h4,7-9H,2-3,5-6H2,1H3,(H,12,13)/b8-7-. The van der Waals surface area contributed by atoms with Crippen molar-refractivity contribution in [2.24, 2.45) is 0 Å². The first kappa shape index (κ1) is 13.4. The molecule has 0 aromatic rings. The smallest absolute Gasteiger partial charge is 0.331 e. The minimum atomic E-state index is -1.17. The Kier molecular flexibility index (Phi) is 6.97. The molecule has 0 bridgehead atoms.